The molecule has 0 fully saturated rings. The summed E-state index contributed by atoms with van der Waals surface area (Å²) in [5.74, 6) is -0.735. The molecule has 0 aliphatic rings. The molecule has 0 bridgehead atoms. The van der Waals surface area contributed by atoms with Gasteiger partial charge in [0, 0.05) is 17.8 Å². The topological polar surface area (TPSA) is 82.6 Å². The first-order valence-electron chi connectivity index (χ1n) is 11.6. The highest BCUT2D eigenvalue weighted by Crippen LogP contribution is 2.41. The van der Waals surface area contributed by atoms with E-state index in [1.807, 2.05) is 44.2 Å². The lowest BCUT2D eigenvalue weighted by atomic mass is 9.70. The molecule has 198 valence electrons. The second-order valence-corrected chi connectivity index (χ2v) is 10.2. The predicted octanol–water partition coefficient (Wildman–Crippen LogP) is 6.11. The van der Waals surface area contributed by atoms with Crippen molar-refractivity contribution in [2.45, 2.75) is 51.0 Å². The molecule has 2 aromatic carbocycles. The summed E-state index contributed by atoms with van der Waals surface area (Å²) < 4.78 is 70.4. The van der Waals surface area contributed by atoms with Gasteiger partial charge in [-0.15, -0.1) is 0 Å². The highest BCUT2D eigenvalue weighted by atomic mass is 32.2. The van der Waals surface area contributed by atoms with Crippen molar-refractivity contribution in [3.05, 3.63) is 83.2 Å². The Kier molecular flexibility index (Phi) is 8.32. The van der Waals surface area contributed by atoms with Crippen LogP contribution in [0.15, 0.2) is 60.9 Å². The molecular weight excluding hydrogens is 507 g/mol. The van der Waals surface area contributed by atoms with E-state index in [-0.39, 0.29) is 23.7 Å². The second-order valence-electron chi connectivity index (χ2n) is 8.62. The quantitative estimate of drug-likeness (QED) is 0.187. The number of aromatic nitrogens is 1. The summed E-state index contributed by atoms with van der Waals surface area (Å²) in [5, 5.41) is 0. The van der Waals surface area contributed by atoms with Crippen LogP contribution in [0, 0.1) is 6.92 Å². The van der Waals surface area contributed by atoms with Gasteiger partial charge in [0.25, 0.3) is 0 Å². The molecule has 3 rings (SSSR count). The van der Waals surface area contributed by atoms with Gasteiger partial charge >= 0.3 is 21.6 Å². The van der Waals surface area contributed by atoms with E-state index in [0.29, 0.717) is 12.8 Å². The number of esters is 1. The molecule has 0 aliphatic heterocycles. The summed E-state index contributed by atoms with van der Waals surface area (Å²) in [6, 6.07) is 14.2. The summed E-state index contributed by atoms with van der Waals surface area (Å²) in [4.78, 5) is 15.9. The molecule has 0 amide bonds. The molecule has 0 spiro atoms. The number of hydrogen-bond acceptors (Lipinski definition) is 6. The summed E-state index contributed by atoms with van der Waals surface area (Å²) in [7, 11) is -4.43. The number of aryl methyl sites for hydroxylation is 1. The molecule has 0 saturated carbocycles. The zero-order valence-electron chi connectivity index (χ0n) is 20.9. The first-order valence-corrected chi connectivity index (χ1v) is 13.0. The van der Waals surface area contributed by atoms with E-state index >= 15 is 0 Å². The molecule has 0 aliphatic carbocycles. The fraction of sp³-hybridized carbons (Fsp3) is 0.333. The monoisotopic (exact) mass is 535 g/mol. The van der Waals surface area contributed by atoms with Gasteiger partial charge in [-0.1, -0.05) is 50.2 Å². The first kappa shape index (κ1) is 28.2. The fourth-order valence-corrected chi connectivity index (χ4v) is 5.00. The van der Waals surface area contributed by atoms with Crippen molar-refractivity contribution in [1.82, 2.24) is 4.98 Å². The lowest BCUT2D eigenvalue weighted by Gasteiger charge is -2.34. The second kappa shape index (κ2) is 10.9. The lowest BCUT2D eigenvalue weighted by molar-refractivity contribution is -0.139. The molecule has 0 saturated heterocycles. The minimum atomic E-state index is -5.76. The van der Waals surface area contributed by atoms with Crippen LogP contribution in [0.1, 0.15) is 48.9 Å². The van der Waals surface area contributed by atoms with Crippen molar-refractivity contribution >= 4 is 16.1 Å². The van der Waals surface area contributed by atoms with Gasteiger partial charge in [-0.25, -0.2) is 0 Å². The van der Waals surface area contributed by atoms with Crippen LogP contribution in [-0.2, 0) is 31.5 Å². The number of alkyl halides is 3. The minimum Gasteiger partial charge on any atom is -0.469 e. The van der Waals surface area contributed by atoms with Crippen molar-refractivity contribution < 1.29 is 35.3 Å². The Hall–Kier alpha value is -3.40. The molecule has 0 atom stereocenters. The smallest absolute Gasteiger partial charge is 0.469 e. The summed E-state index contributed by atoms with van der Waals surface area (Å²) in [6.07, 6.45) is 4.75. The highest BCUT2D eigenvalue weighted by molar-refractivity contribution is 7.88. The van der Waals surface area contributed by atoms with Gasteiger partial charge in [-0.3, -0.25) is 9.78 Å². The normalized spacial score (nSPS) is 12.3. The molecular formula is C27H28F3NO5S. The van der Waals surface area contributed by atoms with E-state index in [0.717, 1.165) is 27.8 Å². The fourth-order valence-electron chi connectivity index (χ4n) is 4.49. The lowest BCUT2D eigenvalue weighted by Crippen LogP contribution is -2.29. The Morgan fingerprint density at radius 2 is 1.59 bits per heavy atom. The maximum absolute atomic E-state index is 12.8. The molecule has 6 nitrogen and oxygen atoms in total. The number of hydrogen-bond donors (Lipinski definition) is 0. The first-order chi connectivity index (χ1) is 17.4. The van der Waals surface area contributed by atoms with Gasteiger partial charge in [0.1, 0.15) is 5.75 Å². The average Bonchev–Trinajstić information content (AvgIpc) is 2.86. The third-order valence-electron chi connectivity index (χ3n) is 6.63. The van der Waals surface area contributed by atoms with E-state index in [1.165, 1.54) is 20.1 Å². The molecule has 0 radical (unpaired) electrons. The third kappa shape index (κ3) is 5.79. The standard InChI is InChI=1S/C27H28F3NO5S/c1-5-26(6-2,22-11-12-24(18(3)15-22)36-37(33,34)27(28,29)30)21-9-7-19(8-10-21)23-13-14-31-17-20(23)16-25(32)35-4/h7-15,17H,5-6,16H2,1-4H3. The van der Waals surface area contributed by atoms with Crippen molar-refractivity contribution in [1.29, 1.82) is 0 Å². The molecule has 0 N–H and O–H groups in total. The number of pyridine rings is 1. The van der Waals surface area contributed by atoms with Crippen molar-refractivity contribution in [2.75, 3.05) is 7.11 Å². The van der Waals surface area contributed by atoms with Crippen LogP contribution in [0.3, 0.4) is 0 Å². The number of ether oxygens (including phenoxy) is 1. The molecule has 1 heterocycles. The number of halogens is 3. The molecule has 0 unspecified atom stereocenters. The summed E-state index contributed by atoms with van der Waals surface area (Å²) >= 11 is 0. The van der Waals surface area contributed by atoms with Crippen LogP contribution in [0.5, 0.6) is 5.75 Å². The van der Waals surface area contributed by atoms with Crippen molar-refractivity contribution in [3.8, 4) is 16.9 Å². The van der Waals surface area contributed by atoms with E-state index in [2.05, 4.69) is 9.17 Å². The molecule has 37 heavy (non-hydrogen) atoms. The van der Waals surface area contributed by atoms with Crippen molar-refractivity contribution in [2.24, 2.45) is 0 Å². The maximum atomic E-state index is 12.8. The Bertz CT molecular complexity index is 1370. The zero-order chi connectivity index (χ0) is 27.4. The van der Waals surface area contributed by atoms with Crippen molar-refractivity contribution in [3.63, 3.8) is 0 Å². The van der Waals surface area contributed by atoms with Crippen LogP contribution >= 0.6 is 0 Å². The van der Waals surface area contributed by atoms with E-state index in [9.17, 15) is 26.4 Å². The number of carbonyl (C=O) groups is 1. The highest BCUT2D eigenvalue weighted by Gasteiger charge is 2.48. The van der Waals surface area contributed by atoms with Gasteiger partial charge in [0.15, 0.2) is 0 Å². The molecule has 3 aromatic rings. The van der Waals surface area contributed by atoms with Crippen LogP contribution in [0.25, 0.3) is 11.1 Å². The Labute approximate surface area is 214 Å². The third-order valence-corrected chi connectivity index (χ3v) is 7.60. The van der Waals surface area contributed by atoms with E-state index in [4.69, 9.17) is 4.74 Å². The van der Waals surface area contributed by atoms with Crippen LogP contribution in [0.4, 0.5) is 13.2 Å². The molecule has 10 heteroatoms. The van der Waals surface area contributed by atoms with Gasteiger partial charge in [-0.05, 0) is 65.3 Å². The number of nitrogens with zero attached hydrogens (tertiary/aromatic N) is 1. The predicted molar refractivity (Wildman–Crippen MR) is 134 cm³/mol. The van der Waals surface area contributed by atoms with Crippen LogP contribution < -0.4 is 4.18 Å². The van der Waals surface area contributed by atoms with Crippen LogP contribution in [0.2, 0.25) is 0 Å². The van der Waals surface area contributed by atoms with Gasteiger partial charge < -0.3 is 8.92 Å². The average molecular weight is 536 g/mol. The zero-order valence-corrected chi connectivity index (χ0v) is 21.7. The molecule has 1 aromatic heterocycles. The SMILES string of the molecule is CCC(CC)(c1ccc(-c2ccncc2CC(=O)OC)cc1)c1ccc(OS(=O)(=O)C(F)(F)F)c(C)c1. The Morgan fingerprint density at radius 1 is 0.973 bits per heavy atom. The summed E-state index contributed by atoms with van der Waals surface area (Å²) in [5.41, 5.74) is -1.41. The van der Waals surface area contributed by atoms with E-state index in [1.54, 1.807) is 24.5 Å². The van der Waals surface area contributed by atoms with Gasteiger partial charge in [0.2, 0.25) is 0 Å². The largest absolute Gasteiger partial charge is 0.534 e. The van der Waals surface area contributed by atoms with E-state index < -0.39 is 21.0 Å². The summed E-state index contributed by atoms with van der Waals surface area (Å²) in [6.45, 7) is 5.54. The number of benzene rings is 2. The number of carbonyl (C=O) groups excluding carboxylic acids is 1. The van der Waals surface area contributed by atoms with Crippen LogP contribution in [-0.4, -0.2) is 32.0 Å². The maximum Gasteiger partial charge on any atom is 0.534 e. The Morgan fingerprint density at radius 3 is 2.14 bits per heavy atom. The Balaban J connectivity index is 1.98. The van der Waals surface area contributed by atoms with Gasteiger partial charge in [0.05, 0.1) is 13.5 Å². The number of methoxy groups -OCH3 is 1. The number of rotatable bonds is 9. The minimum absolute atomic E-state index is 0.0903. The van der Waals surface area contributed by atoms with Gasteiger partial charge in [-0.2, -0.15) is 21.6 Å².